The lowest BCUT2D eigenvalue weighted by molar-refractivity contribution is 0.0600. The van der Waals surface area contributed by atoms with Crippen molar-refractivity contribution in [1.82, 2.24) is 24.7 Å². The number of carbonyl (C=O) groups is 1. The molecule has 26 heavy (non-hydrogen) atoms. The van der Waals surface area contributed by atoms with Gasteiger partial charge in [-0.1, -0.05) is 18.2 Å². The fourth-order valence-electron chi connectivity index (χ4n) is 2.50. The summed E-state index contributed by atoms with van der Waals surface area (Å²) in [5.74, 6) is -0.335. The Morgan fingerprint density at radius 3 is 2.62 bits per heavy atom. The number of hydrogen-bond donors (Lipinski definition) is 0. The Hall–Kier alpha value is -2.36. The first-order chi connectivity index (χ1) is 12.6. The maximum atomic E-state index is 11.5. The van der Waals surface area contributed by atoms with E-state index in [1.807, 2.05) is 30.6 Å². The first-order valence-corrected chi connectivity index (χ1v) is 9.24. The van der Waals surface area contributed by atoms with Crippen LogP contribution in [0.2, 0.25) is 0 Å². The SMILES string of the molecule is COC(=O)c1ccc(CN(C)Cn2nnn(Cc3cccs3)c2=S)cc1. The number of methoxy groups -OCH3 is 1. The molecule has 2 aromatic heterocycles. The van der Waals surface area contributed by atoms with Crippen molar-refractivity contribution in [2.24, 2.45) is 0 Å². The van der Waals surface area contributed by atoms with Gasteiger partial charge < -0.3 is 4.74 Å². The first kappa shape index (κ1) is 18.4. The summed E-state index contributed by atoms with van der Waals surface area (Å²) >= 11 is 7.14. The van der Waals surface area contributed by atoms with E-state index in [4.69, 9.17) is 17.0 Å². The van der Waals surface area contributed by atoms with E-state index in [0.717, 1.165) is 5.56 Å². The number of benzene rings is 1. The predicted molar refractivity (Wildman–Crippen MR) is 102 cm³/mol. The van der Waals surface area contributed by atoms with Gasteiger partial charge in [-0.25, -0.2) is 14.2 Å². The molecule has 0 aliphatic carbocycles. The predicted octanol–water partition coefficient (Wildman–Crippen LogP) is 2.79. The smallest absolute Gasteiger partial charge is 0.337 e. The highest BCUT2D eigenvalue weighted by Gasteiger charge is 2.09. The minimum Gasteiger partial charge on any atom is -0.465 e. The quantitative estimate of drug-likeness (QED) is 0.457. The summed E-state index contributed by atoms with van der Waals surface area (Å²) in [7, 11) is 3.35. The van der Waals surface area contributed by atoms with Gasteiger partial charge in [0.15, 0.2) is 0 Å². The second kappa shape index (κ2) is 8.35. The van der Waals surface area contributed by atoms with Gasteiger partial charge >= 0.3 is 5.97 Å². The lowest BCUT2D eigenvalue weighted by Crippen LogP contribution is -2.22. The van der Waals surface area contributed by atoms with E-state index in [1.54, 1.807) is 32.8 Å². The van der Waals surface area contributed by atoms with Crippen LogP contribution in [0.15, 0.2) is 41.8 Å². The first-order valence-electron chi connectivity index (χ1n) is 7.95. The van der Waals surface area contributed by atoms with Crippen LogP contribution in [0.5, 0.6) is 0 Å². The van der Waals surface area contributed by atoms with Gasteiger partial charge in [0.05, 0.1) is 25.9 Å². The summed E-state index contributed by atoms with van der Waals surface area (Å²) in [6.07, 6.45) is 0. The molecule has 0 saturated heterocycles. The van der Waals surface area contributed by atoms with E-state index in [-0.39, 0.29) is 5.97 Å². The van der Waals surface area contributed by atoms with Crippen LogP contribution in [-0.4, -0.2) is 44.8 Å². The van der Waals surface area contributed by atoms with Gasteiger partial charge in [0.2, 0.25) is 4.77 Å². The Balaban J connectivity index is 1.61. The van der Waals surface area contributed by atoms with Crippen LogP contribution in [0.3, 0.4) is 0 Å². The van der Waals surface area contributed by atoms with Crippen LogP contribution in [0.25, 0.3) is 0 Å². The largest absolute Gasteiger partial charge is 0.465 e. The fraction of sp³-hybridized carbons (Fsp3) is 0.294. The van der Waals surface area contributed by atoms with Gasteiger partial charge in [0.25, 0.3) is 0 Å². The molecule has 0 unspecified atom stereocenters. The highest BCUT2D eigenvalue weighted by molar-refractivity contribution is 7.71. The third-order valence-electron chi connectivity index (χ3n) is 3.79. The molecule has 2 heterocycles. The van der Waals surface area contributed by atoms with Gasteiger partial charge in [0.1, 0.15) is 0 Å². The van der Waals surface area contributed by atoms with Crippen LogP contribution >= 0.6 is 23.6 Å². The number of tetrazole rings is 1. The Morgan fingerprint density at radius 2 is 1.96 bits per heavy atom. The fourth-order valence-corrected chi connectivity index (χ4v) is 3.38. The van der Waals surface area contributed by atoms with Crippen LogP contribution in [0.1, 0.15) is 20.8 Å². The highest BCUT2D eigenvalue weighted by Crippen LogP contribution is 2.11. The summed E-state index contributed by atoms with van der Waals surface area (Å²) in [5.41, 5.74) is 1.62. The molecule has 0 N–H and O–H groups in total. The minimum absolute atomic E-state index is 0.335. The normalized spacial score (nSPS) is 11.0. The van der Waals surface area contributed by atoms with Crippen molar-refractivity contribution in [3.8, 4) is 0 Å². The van der Waals surface area contributed by atoms with Crippen LogP contribution < -0.4 is 0 Å². The lowest BCUT2D eigenvalue weighted by Gasteiger charge is -2.16. The maximum absolute atomic E-state index is 11.5. The summed E-state index contributed by atoms with van der Waals surface area (Å²) < 4.78 is 8.72. The molecule has 0 bridgehead atoms. The van der Waals surface area contributed by atoms with Crippen molar-refractivity contribution in [1.29, 1.82) is 0 Å². The number of esters is 1. The number of ether oxygens (including phenoxy) is 1. The maximum Gasteiger partial charge on any atom is 0.337 e. The number of aromatic nitrogens is 4. The summed E-state index contributed by atoms with van der Waals surface area (Å²) in [6.45, 7) is 1.86. The van der Waals surface area contributed by atoms with E-state index in [0.29, 0.717) is 30.1 Å². The molecular formula is C17H19N5O2S2. The van der Waals surface area contributed by atoms with Gasteiger partial charge in [-0.05, 0) is 58.8 Å². The van der Waals surface area contributed by atoms with Crippen LogP contribution in [0, 0.1) is 4.77 Å². The average molecular weight is 390 g/mol. The Morgan fingerprint density at radius 1 is 1.23 bits per heavy atom. The lowest BCUT2D eigenvalue weighted by atomic mass is 10.1. The Kier molecular flexibility index (Phi) is 5.92. The average Bonchev–Trinajstić information content (AvgIpc) is 3.27. The zero-order chi connectivity index (χ0) is 18.5. The molecule has 0 aliphatic rings. The van der Waals surface area contributed by atoms with Crippen LogP contribution in [-0.2, 0) is 24.5 Å². The van der Waals surface area contributed by atoms with Gasteiger partial charge in [-0.15, -0.1) is 11.3 Å². The molecular weight excluding hydrogens is 370 g/mol. The van der Waals surface area contributed by atoms with E-state index in [1.165, 1.54) is 12.0 Å². The molecule has 0 amide bonds. The van der Waals surface area contributed by atoms with Crippen molar-refractivity contribution in [3.63, 3.8) is 0 Å². The molecule has 0 spiro atoms. The van der Waals surface area contributed by atoms with Crippen molar-refractivity contribution < 1.29 is 9.53 Å². The van der Waals surface area contributed by atoms with Crippen molar-refractivity contribution >= 4 is 29.5 Å². The Bertz CT molecular complexity index is 916. The Labute approximate surface area is 160 Å². The number of nitrogens with zero attached hydrogens (tertiary/aromatic N) is 5. The molecule has 0 aliphatic heterocycles. The molecule has 1 aromatic carbocycles. The number of hydrogen-bond acceptors (Lipinski definition) is 7. The monoisotopic (exact) mass is 389 g/mol. The van der Waals surface area contributed by atoms with Gasteiger partial charge in [-0.3, -0.25) is 4.90 Å². The molecule has 3 aromatic rings. The summed E-state index contributed by atoms with van der Waals surface area (Å²) in [4.78, 5) is 14.7. The van der Waals surface area contributed by atoms with E-state index >= 15 is 0 Å². The van der Waals surface area contributed by atoms with Crippen molar-refractivity contribution in [3.05, 3.63) is 62.6 Å². The molecule has 136 valence electrons. The summed E-state index contributed by atoms with van der Waals surface area (Å²) in [6, 6.07) is 11.4. The van der Waals surface area contributed by atoms with Crippen LogP contribution in [0.4, 0.5) is 0 Å². The summed E-state index contributed by atoms with van der Waals surface area (Å²) in [5, 5.41) is 10.3. The molecule has 7 nitrogen and oxygen atoms in total. The standard InChI is InChI=1S/C17H19N5O2S2/c1-20(10-13-5-7-14(8-6-13)16(23)24-2)12-22-17(25)21(18-19-22)11-15-4-3-9-26-15/h3-9H,10-12H2,1-2H3. The molecule has 0 atom stereocenters. The second-order valence-corrected chi connectivity index (χ2v) is 7.24. The zero-order valence-electron chi connectivity index (χ0n) is 14.5. The van der Waals surface area contributed by atoms with Crippen molar-refractivity contribution in [2.75, 3.05) is 14.2 Å². The molecule has 0 saturated carbocycles. The van der Waals surface area contributed by atoms with E-state index in [9.17, 15) is 4.79 Å². The number of carbonyl (C=O) groups excluding carboxylic acids is 1. The highest BCUT2D eigenvalue weighted by atomic mass is 32.1. The minimum atomic E-state index is -0.335. The van der Waals surface area contributed by atoms with E-state index < -0.39 is 0 Å². The van der Waals surface area contributed by atoms with Gasteiger partial charge in [-0.2, -0.15) is 0 Å². The molecule has 0 fully saturated rings. The van der Waals surface area contributed by atoms with Crippen molar-refractivity contribution in [2.45, 2.75) is 19.8 Å². The van der Waals surface area contributed by atoms with Gasteiger partial charge in [0, 0.05) is 11.4 Å². The third kappa shape index (κ3) is 4.43. The molecule has 9 heteroatoms. The molecule has 3 rings (SSSR count). The third-order valence-corrected chi connectivity index (χ3v) is 5.07. The zero-order valence-corrected chi connectivity index (χ0v) is 16.2. The van der Waals surface area contributed by atoms with E-state index in [2.05, 4.69) is 21.4 Å². The molecule has 0 radical (unpaired) electrons. The number of thiophene rings is 1. The number of rotatable bonds is 7. The topological polar surface area (TPSA) is 65.2 Å². The second-order valence-electron chi connectivity index (χ2n) is 5.84.